The van der Waals surface area contributed by atoms with Gasteiger partial charge >= 0.3 is 0 Å². The van der Waals surface area contributed by atoms with Crippen LogP contribution in [0.25, 0.3) is 0 Å². The Balaban J connectivity index is 1.62. The number of hydrogen-bond donors (Lipinski definition) is 1. The third-order valence-corrected chi connectivity index (χ3v) is 6.14. The summed E-state index contributed by atoms with van der Waals surface area (Å²) in [4.78, 5) is 15.1. The van der Waals surface area contributed by atoms with Gasteiger partial charge in [0.2, 0.25) is 3.79 Å². The molecule has 2 aliphatic rings. The number of amides is 1. The van der Waals surface area contributed by atoms with Crippen molar-refractivity contribution in [2.45, 2.75) is 55.1 Å². The maximum absolute atomic E-state index is 12.6. The first kappa shape index (κ1) is 21.2. The summed E-state index contributed by atoms with van der Waals surface area (Å²) >= 11 is 18.3. The fourth-order valence-corrected chi connectivity index (χ4v) is 4.55. The smallest absolute Gasteiger partial charge is 0.253 e. The van der Waals surface area contributed by atoms with E-state index in [4.69, 9.17) is 39.5 Å². The molecule has 1 aromatic rings. The Kier molecular flexibility index (Phi) is 7.32. The van der Waals surface area contributed by atoms with Gasteiger partial charge in [0.05, 0.1) is 6.61 Å². The Morgan fingerprint density at radius 2 is 2.04 bits per heavy atom. The molecule has 0 radical (unpaired) electrons. The van der Waals surface area contributed by atoms with E-state index in [-0.39, 0.29) is 5.91 Å². The third-order valence-electron chi connectivity index (χ3n) is 5.55. The lowest BCUT2D eigenvalue weighted by molar-refractivity contribution is -0.0325. The lowest BCUT2D eigenvalue weighted by atomic mass is 9.84. The molecule has 0 spiro atoms. The third kappa shape index (κ3) is 5.74. The van der Waals surface area contributed by atoms with Gasteiger partial charge in [-0.05, 0) is 63.7 Å². The summed E-state index contributed by atoms with van der Waals surface area (Å²) < 4.78 is 4.23. The van der Waals surface area contributed by atoms with Gasteiger partial charge in [-0.25, -0.2) is 0 Å². The molecule has 1 amide bonds. The van der Waals surface area contributed by atoms with Gasteiger partial charge in [0.1, 0.15) is 0 Å². The zero-order valence-electron chi connectivity index (χ0n) is 15.6. The van der Waals surface area contributed by atoms with Crippen LogP contribution in [0.1, 0.15) is 48.0 Å². The molecule has 2 saturated heterocycles. The molecular weight excluding hydrogens is 407 g/mol. The number of hydrogen-bond acceptors (Lipinski definition) is 3. The van der Waals surface area contributed by atoms with E-state index in [0.717, 1.165) is 12.0 Å². The molecule has 0 unspecified atom stereocenters. The zero-order chi connectivity index (χ0) is 19.4. The van der Waals surface area contributed by atoms with E-state index in [0.29, 0.717) is 24.1 Å². The summed E-state index contributed by atoms with van der Waals surface area (Å²) in [7, 11) is 0. The number of halogens is 3. The molecule has 0 bridgehead atoms. The summed E-state index contributed by atoms with van der Waals surface area (Å²) in [6, 6.07) is 7.83. The quantitative estimate of drug-likeness (QED) is 0.540. The number of carbonyl (C=O) groups is 1. The van der Waals surface area contributed by atoms with E-state index in [9.17, 15) is 4.79 Å². The Labute approximate surface area is 176 Å². The molecule has 1 N–H and O–H groups in total. The number of rotatable bonds is 5. The summed E-state index contributed by atoms with van der Waals surface area (Å²) in [5.74, 6) is 0.0998. The first-order valence-corrected chi connectivity index (χ1v) is 10.8. The van der Waals surface area contributed by atoms with Crippen LogP contribution < -0.4 is 5.32 Å². The Morgan fingerprint density at radius 3 is 2.78 bits per heavy atom. The van der Waals surface area contributed by atoms with Crippen LogP contribution in [-0.4, -0.2) is 46.6 Å². The highest BCUT2D eigenvalue weighted by Crippen LogP contribution is 2.34. The van der Waals surface area contributed by atoms with E-state index in [1.54, 1.807) is 12.1 Å². The van der Waals surface area contributed by atoms with Crippen LogP contribution in [0.5, 0.6) is 0 Å². The van der Waals surface area contributed by atoms with Crippen LogP contribution in [0, 0.1) is 12.8 Å². The van der Waals surface area contributed by atoms with Gasteiger partial charge in [0.25, 0.3) is 5.91 Å². The fourth-order valence-electron chi connectivity index (χ4n) is 4.20. The minimum Gasteiger partial charge on any atom is -0.354 e. The second-order valence-electron chi connectivity index (χ2n) is 7.60. The topological polar surface area (TPSA) is 41.6 Å². The van der Waals surface area contributed by atoms with Gasteiger partial charge in [-0.2, -0.15) is 0 Å². The van der Waals surface area contributed by atoms with Crippen LogP contribution in [0.15, 0.2) is 24.3 Å². The number of nitrogens with zero attached hydrogens (tertiary/aromatic N) is 1. The Morgan fingerprint density at radius 1 is 1.26 bits per heavy atom. The zero-order valence-corrected chi connectivity index (χ0v) is 17.9. The summed E-state index contributed by atoms with van der Waals surface area (Å²) in [5.41, 5.74) is 1.52. The highest BCUT2D eigenvalue weighted by molar-refractivity contribution is 6.68. The van der Waals surface area contributed by atoms with Gasteiger partial charge in [-0.3, -0.25) is 4.79 Å². The number of aryl methyl sites for hydroxylation is 1. The molecule has 3 atom stereocenters. The van der Waals surface area contributed by atoms with Crippen molar-refractivity contribution >= 4 is 40.7 Å². The molecule has 2 fully saturated rings. The molecule has 0 aliphatic carbocycles. The second kappa shape index (κ2) is 9.32. The van der Waals surface area contributed by atoms with Crippen molar-refractivity contribution in [2.24, 2.45) is 5.92 Å². The van der Waals surface area contributed by atoms with Crippen molar-refractivity contribution in [1.82, 2.24) is 10.2 Å². The predicted octanol–water partition coefficient (Wildman–Crippen LogP) is 4.70. The van der Waals surface area contributed by atoms with E-state index in [1.165, 1.54) is 38.8 Å². The number of alkyl halides is 3. The Bertz CT molecular complexity index is 648. The summed E-state index contributed by atoms with van der Waals surface area (Å²) in [5, 5.41) is 2.74. The standard InChI is InChI=1S/C20H27Cl3N2O2/c1-14-6-4-7-15(12-14)18(26)24-19(20(21,22)23)27-13-16-8-5-11-25-10-3-2-9-17(16)25/h4,6-7,12,16-17,19H,2-3,5,8-11,13H2,1H3,(H,24,26)/t16-,17-,19-/m1/s1. The summed E-state index contributed by atoms with van der Waals surface area (Å²) in [6.45, 7) is 4.74. The molecule has 0 saturated carbocycles. The van der Waals surface area contributed by atoms with E-state index < -0.39 is 10.0 Å². The molecule has 27 heavy (non-hydrogen) atoms. The second-order valence-corrected chi connectivity index (χ2v) is 9.97. The van der Waals surface area contributed by atoms with Gasteiger partial charge in [-0.1, -0.05) is 58.9 Å². The number of benzene rings is 1. The molecule has 4 nitrogen and oxygen atoms in total. The van der Waals surface area contributed by atoms with E-state index in [2.05, 4.69) is 10.2 Å². The van der Waals surface area contributed by atoms with E-state index in [1.807, 2.05) is 19.1 Å². The largest absolute Gasteiger partial charge is 0.354 e. The van der Waals surface area contributed by atoms with Crippen LogP contribution in [0.3, 0.4) is 0 Å². The number of nitrogens with one attached hydrogen (secondary N) is 1. The van der Waals surface area contributed by atoms with Gasteiger partial charge < -0.3 is 15.0 Å². The lowest BCUT2D eigenvalue weighted by Gasteiger charge is -2.44. The van der Waals surface area contributed by atoms with Crippen molar-refractivity contribution in [2.75, 3.05) is 19.7 Å². The van der Waals surface area contributed by atoms with Crippen molar-refractivity contribution < 1.29 is 9.53 Å². The minimum absolute atomic E-state index is 0.307. The number of ether oxygens (including phenoxy) is 1. The van der Waals surface area contributed by atoms with Gasteiger partial charge in [-0.15, -0.1) is 0 Å². The average Bonchev–Trinajstić information content (AvgIpc) is 2.64. The van der Waals surface area contributed by atoms with Crippen LogP contribution in [-0.2, 0) is 4.74 Å². The number of piperidine rings is 2. The fraction of sp³-hybridized carbons (Fsp3) is 0.650. The average molecular weight is 434 g/mol. The monoisotopic (exact) mass is 432 g/mol. The van der Waals surface area contributed by atoms with Crippen molar-refractivity contribution in [3.05, 3.63) is 35.4 Å². The maximum Gasteiger partial charge on any atom is 0.253 e. The SMILES string of the molecule is Cc1cccc(C(=O)N[C@H](OC[C@H]2CCCN3CCCC[C@H]23)C(Cl)(Cl)Cl)c1. The minimum atomic E-state index is -1.74. The van der Waals surface area contributed by atoms with Crippen LogP contribution >= 0.6 is 34.8 Å². The molecule has 2 aliphatic heterocycles. The highest BCUT2D eigenvalue weighted by Gasteiger charge is 2.38. The normalized spacial score (nSPS) is 24.9. The number of carbonyl (C=O) groups excluding carboxylic acids is 1. The van der Waals surface area contributed by atoms with E-state index >= 15 is 0 Å². The molecule has 7 heteroatoms. The lowest BCUT2D eigenvalue weighted by Crippen LogP contribution is -2.51. The highest BCUT2D eigenvalue weighted by atomic mass is 35.6. The van der Waals surface area contributed by atoms with Gasteiger partial charge in [0, 0.05) is 11.6 Å². The predicted molar refractivity (Wildman–Crippen MR) is 111 cm³/mol. The molecule has 3 rings (SSSR count). The van der Waals surface area contributed by atoms with Crippen molar-refractivity contribution in [3.63, 3.8) is 0 Å². The first-order chi connectivity index (χ1) is 12.8. The Hall–Kier alpha value is -0.520. The number of fused-ring (bicyclic) bond motifs is 1. The van der Waals surface area contributed by atoms with Gasteiger partial charge in [0.15, 0.2) is 6.23 Å². The van der Waals surface area contributed by atoms with Crippen molar-refractivity contribution in [1.29, 1.82) is 0 Å². The first-order valence-electron chi connectivity index (χ1n) is 9.64. The molecular formula is C20H27Cl3N2O2. The molecule has 2 heterocycles. The molecule has 0 aromatic heterocycles. The van der Waals surface area contributed by atoms with Crippen molar-refractivity contribution in [3.8, 4) is 0 Å². The maximum atomic E-state index is 12.6. The van der Waals surface area contributed by atoms with Crippen LogP contribution in [0.2, 0.25) is 0 Å². The molecule has 1 aromatic carbocycles. The summed E-state index contributed by atoms with van der Waals surface area (Å²) in [6.07, 6.45) is 5.01. The molecule has 150 valence electrons. The van der Waals surface area contributed by atoms with Crippen LogP contribution in [0.4, 0.5) is 0 Å².